The van der Waals surface area contributed by atoms with Crippen LogP contribution in [0.5, 0.6) is 5.75 Å². The zero-order chi connectivity index (χ0) is 22.9. The van der Waals surface area contributed by atoms with Crippen LogP contribution in [0.1, 0.15) is 19.8 Å². The molecule has 1 fully saturated rings. The molecule has 0 aromatic heterocycles. The number of ether oxygens (including phenoxy) is 1. The number of anilines is 3. The predicted octanol–water partition coefficient (Wildman–Crippen LogP) is 3.72. The van der Waals surface area contributed by atoms with E-state index in [2.05, 4.69) is 21.3 Å². The summed E-state index contributed by atoms with van der Waals surface area (Å²) in [6.07, 6.45) is 1.56. The smallest absolute Gasteiger partial charge is 0.323 e. The zero-order valence-corrected chi connectivity index (χ0v) is 18.3. The van der Waals surface area contributed by atoms with E-state index in [1.54, 1.807) is 60.5 Å². The maximum Gasteiger partial charge on any atom is 0.323 e. The molecule has 1 aliphatic rings. The van der Waals surface area contributed by atoms with Crippen molar-refractivity contribution < 1.29 is 19.1 Å². The fourth-order valence-electron chi connectivity index (χ4n) is 3.54. The van der Waals surface area contributed by atoms with Gasteiger partial charge in [-0.05, 0) is 62.2 Å². The molecule has 5 amide bonds. The van der Waals surface area contributed by atoms with Gasteiger partial charge in [-0.2, -0.15) is 0 Å². The highest BCUT2D eigenvalue weighted by Crippen LogP contribution is 2.20. The fraction of sp³-hybridized carbons (Fsp3) is 0.348. The van der Waals surface area contributed by atoms with E-state index in [4.69, 9.17) is 4.74 Å². The molecule has 0 bridgehead atoms. The van der Waals surface area contributed by atoms with Gasteiger partial charge in [-0.25, -0.2) is 9.59 Å². The lowest BCUT2D eigenvalue weighted by Crippen LogP contribution is -2.46. The average Bonchev–Trinajstić information content (AvgIpc) is 2.80. The molecule has 9 heteroatoms. The maximum atomic E-state index is 12.7. The van der Waals surface area contributed by atoms with Crippen LogP contribution in [0, 0.1) is 5.92 Å². The minimum Gasteiger partial charge on any atom is -0.497 e. The van der Waals surface area contributed by atoms with Gasteiger partial charge >= 0.3 is 12.1 Å². The molecule has 1 saturated heterocycles. The second kappa shape index (κ2) is 11.0. The van der Waals surface area contributed by atoms with E-state index in [1.807, 2.05) is 6.92 Å². The number of hydrogen-bond donors (Lipinski definition) is 4. The van der Waals surface area contributed by atoms with E-state index in [-0.39, 0.29) is 17.9 Å². The standard InChI is InChI=1S/C23H29N5O4/c1-3-24-21(29)16-6-5-13-28(15-16)23(31)27-19-8-4-7-18(14-19)26-22(30)25-17-9-11-20(32-2)12-10-17/h4,7-12,14,16H,3,5-6,13,15H2,1-2H3,(H,24,29)(H,27,31)(H2,25,26,30)/t16-/m0/s1. The summed E-state index contributed by atoms with van der Waals surface area (Å²) in [5, 5.41) is 11.2. The normalized spacial score (nSPS) is 15.4. The van der Waals surface area contributed by atoms with E-state index in [0.29, 0.717) is 42.4 Å². The largest absolute Gasteiger partial charge is 0.497 e. The highest BCUT2D eigenvalue weighted by atomic mass is 16.5. The van der Waals surface area contributed by atoms with Gasteiger partial charge in [0.1, 0.15) is 5.75 Å². The number of hydrogen-bond acceptors (Lipinski definition) is 4. The molecular weight excluding hydrogens is 410 g/mol. The molecule has 2 aromatic rings. The van der Waals surface area contributed by atoms with Gasteiger partial charge in [0.05, 0.1) is 13.0 Å². The molecule has 0 unspecified atom stereocenters. The first-order chi connectivity index (χ1) is 15.5. The lowest BCUT2D eigenvalue weighted by molar-refractivity contribution is -0.126. The van der Waals surface area contributed by atoms with Crippen molar-refractivity contribution in [3.8, 4) is 5.75 Å². The summed E-state index contributed by atoms with van der Waals surface area (Å²) in [5.74, 6) is 0.494. The molecule has 1 heterocycles. The third-order valence-electron chi connectivity index (χ3n) is 5.15. The number of amides is 5. The number of rotatable bonds is 6. The van der Waals surface area contributed by atoms with E-state index >= 15 is 0 Å². The third-order valence-corrected chi connectivity index (χ3v) is 5.15. The number of piperidine rings is 1. The van der Waals surface area contributed by atoms with Crippen molar-refractivity contribution in [3.63, 3.8) is 0 Å². The van der Waals surface area contributed by atoms with Crippen molar-refractivity contribution in [1.29, 1.82) is 0 Å². The Morgan fingerprint density at radius 2 is 1.69 bits per heavy atom. The molecule has 170 valence electrons. The highest BCUT2D eigenvalue weighted by Gasteiger charge is 2.28. The summed E-state index contributed by atoms with van der Waals surface area (Å²) in [6.45, 7) is 3.45. The van der Waals surface area contributed by atoms with Crippen LogP contribution in [-0.2, 0) is 4.79 Å². The fourth-order valence-corrected chi connectivity index (χ4v) is 3.54. The van der Waals surface area contributed by atoms with Crippen LogP contribution < -0.4 is 26.0 Å². The minimum absolute atomic E-state index is 0.0148. The summed E-state index contributed by atoms with van der Waals surface area (Å²) >= 11 is 0. The van der Waals surface area contributed by atoms with Gasteiger partial charge in [0.15, 0.2) is 0 Å². The monoisotopic (exact) mass is 439 g/mol. The molecule has 0 saturated carbocycles. The van der Waals surface area contributed by atoms with Gasteiger partial charge in [-0.15, -0.1) is 0 Å². The van der Waals surface area contributed by atoms with E-state index < -0.39 is 6.03 Å². The summed E-state index contributed by atoms with van der Waals surface area (Å²) < 4.78 is 5.10. The van der Waals surface area contributed by atoms with Gasteiger partial charge in [0.2, 0.25) is 5.91 Å². The molecule has 0 spiro atoms. The molecular formula is C23H29N5O4. The molecule has 32 heavy (non-hydrogen) atoms. The zero-order valence-electron chi connectivity index (χ0n) is 18.3. The lowest BCUT2D eigenvalue weighted by Gasteiger charge is -2.32. The van der Waals surface area contributed by atoms with Gasteiger partial charge < -0.3 is 30.9 Å². The molecule has 0 radical (unpaired) electrons. The number of nitrogens with one attached hydrogen (secondary N) is 4. The summed E-state index contributed by atoms with van der Waals surface area (Å²) in [5.41, 5.74) is 1.71. The van der Waals surface area contributed by atoms with E-state index in [1.165, 1.54) is 0 Å². The number of urea groups is 2. The Labute approximate surface area is 187 Å². The predicted molar refractivity (Wildman–Crippen MR) is 124 cm³/mol. The lowest BCUT2D eigenvalue weighted by atomic mass is 9.97. The molecule has 1 aliphatic heterocycles. The topological polar surface area (TPSA) is 112 Å². The number of nitrogens with zero attached hydrogens (tertiary/aromatic N) is 1. The first-order valence-corrected chi connectivity index (χ1v) is 10.6. The van der Waals surface area contributed by atoms with E-state index in [9.17, 15) is 14.4 Å². The minimum atomic E-state index is -0.403. The number of carbonyl (C=O) groups excluding carboxylic acids is 3. The molecule has 4 N–H and O–H groups in total. The second-order valence-electron chi connectivity index (χ2n) is 7.50. The van der Waals surface area contributed by atoms with Crippen LogP contribution in [0.2, 0.25) is 0 Å². The maximum absolute atomic E-state index is 12.7. The van der Waals surface area contributed by atoms with Crippen molar-refractivity contribution in [3.05, 3.63) is 48.5 Å². The highest BCUT2D eigenvalue weighted by molar-refractivity contribution is 6.00. The Morgan fingerprint density at radius 1 is 1.00 bits per heavy atom. The number of methoxy groups -OCH3 is 1. The number of benzene rings is 2. The van der Waals surface area contributed by atoms with Crippen LogP contribution in [0.3, 0.4) is 0 Å². The SMILES string of the molecule is CCNC(=O)[C@H]1CCCN(C(=O)Nc2cccc(NC(=O)Nc3ccc(OC)cc3)c2)C1. The summed E-state index contributed by atoms with van der Waals surface area (Å²) in [4.78, 5) is 38.7. The van der Waals surface area contributed by atoms with E-state index in [0.717, 1.165) is 12.8 Å². The molecule has 2 aromatic carbocycles. The molecule has 9 nitrogen and oxygen atoms in total. The Morgan fingerprint density at radius 3 is 2.38 bits per heavy atom. The molecule has 1 atom stereocenters. The van der Waals surface area contributed by atoms with Crippen LogP contribution in [-0.4, -0.2) is 49.6 Å². The van der Waals surface area contributed by atoms with Crippen LogP contribution in [0.4, 0.5) is 26.7 Å². The van der Waals surface area contributed by atoms with Crippen LogP contribution in [0.15, 0.2) is 48.5 Å². The van der Waals surface area contributed by atoms with Crippen molar-refractivity contribution >= 4 is 35.0 Å². The third kappa shape index (κ3) is 6.37. The quantitative estimate of drug-likeness (QED) is 0.550. The van der Waals surface area contributed by atoms with Gasteiger partial charge in [0, 0.05) is 36.7 Å². The Hall–Kier alpha value is -3.75. The first kappa shape index (κ1) is 22.9. The Bertz CT molecular complexity index is 948. The van der Waals surface area contributed by atoms with Crippen LogP contribution >= 0.6 is 0 Å². The van der Waals surface area contributed by atoms with Gasteiger partial charge in [-0.1, -0.05) is 6.07 Å². The average molecular weight is 440 g/mol. The summed E-state index contributed by atoms with van der Waals surface area (Å²) in [7, 11) is 1.58. The first-order valence-electron chi connectivity index (χ1n) is 10.6. The number of carbonyl (C=O) groups is 3. The Balaban J connectivity index is 1.55. The number of likely N-dealkylation sites (tertiary alicyclic amines) is 1. The summed E-state index contributed by atoms with van der Waals surface area (Å²) in [6, 6.07) is 13.2. The molecule has 3 rings (SSSR count). The molecule has 0 aliphatic carbocycles. The van der Waals surface area contributed by atoms with Crippen molar-refractivity contribution in [2.24, 2.45) is 5.92 Å². The second-order valence-corrected chi connectivity index (χ2v) is 7.50. The van der Waals surface area contributed by atoms with Crippen LogP contribution in [0.25, 0.3) is 0 Å². The van der Waals surface area contributed by atoms with Gasteiger partial charge in [-0.3, -0.25) is 4.79 Å². The van der Waals surface area contributed by atoms with Gasteiger partial charge in [0.25, 0.3) is 0 Å². The Kier molecular flexibility index (Phi) is 7.91. The van der Waals surface area contributed by atoms with Crippen molar-refractivity contribution in [2.75, 3.05) is 42.7 Å². The van der Waals surface area contributed by atoms with Crippen molar-refractivity contribution in [1.82, 2.24) is 10.2 Å². The van der Waals surface area contributed by atoms with Crippen molar-refractivity contribution in [2.45, 2.75) is 19.8 Å².